The minimum Gasteiger partial charge on any atom is -0.269 e. The highest BCUT2D eigenvalue weighted by atomic mass is 35.5. The van der Waals surface area contributed by atoms with E-state index in [0.717, 1.165) is 38.0 Å². The SMILES string of the molecule is Cc1c(Cl)cccc1-n1c(Sc2nc(C3CC3)ns2)nnc1-c1ccncc1. The van der Waals surface area contributed by atoms with Crippen molar-refractivity contribution in [2.75, 3.05) is 0 Å². The number of pyridine rings is 1. The van der Waals surface area contributed by atoms with Crippen LogP contribution >= 0.6 is 34.9 Å². The summed E-state index contributed by atoms with van der Waals surface area (Å²) in [7, 11) is 0. The van der Waals surface area contributed by atoms with E-state index in [1.54, 1.807) is 12.4 Å². The summed E-state index contributed by atoms with van der Waals surface area (Å²) in [4.78, 5) is 8.78. The molecule has 0 radical (unpaired) electrons. The van der Waals surface area contributed by atoms with Gasteiger partial charge in [-0.2, -0.15) is 4.37 Å². The molecule has 140 valence electrons. The number of hydrogen-bond donors (Lipinski definition) is 0. The van der Waals surface area contributed by atoms with Gasteiger partial charge in [-0.15, -0.1) is 10.2 Å². The van der Waals surface area contributed by atoms with Crippen molar-refractivity contribution >= 4 is 34.9 Å². The molecule has 0 amide bonds. The molecule has 0 aliphatic heterocycles. The number of nitrogens with zero attached hydrogens (tertiary/aromatic N) is 6. The molecule has 5 rings (SSSR count). The van der Waals surface area contributed by atoms with Crippen molar-refractivity contribution in [3.05, 3.63) is 59.1 Å². The Hall–Kier alpha value is -2.29. The molecule has 0 unspecified atom stereocenters. The van der Waals surface area contributed by atoms with Crippen LogP contribution in [0.15, 0.2) is 52.2 Å². The zero-order valence-corrected chi connectivity index (χ0v) is 17.3. The smallest absolute Gasteiger partial charge is 0.203 e. The lowest BCUT2D eigenvalue weighted by molar-refractivity contribution is 0.877. The lowest BCUT2D eigenvalue weighted by Crippen LogP contribution is -2.02. The molecule has 0 saturated heterocycles. The van der Waals surface area contributed by atoms with E-state index in [9.17, 15) is 0 Å². The first-order valence-corrected chi connectivity index (χ1v) is 10.8. The van der Waals surface area contributed by atoms with Crippen LogP contribution in [-0.2, 0) is 0 Å². The minimum absolute atomic E-state index is 0.533. The molecule has 3 heterocycles. The van der Waals surface area contributed by atoms with Gasteiger partial charge in [-0.25, -0.2) is 4.98 Å². The third-order valence-electron chi connectivity index (χ3n) is 4.60. The van der Waals surface area contributed by atoms with Gasteiger partial charge in [0.05, 0.1) is 5.69 Å². The van der Waals surface area contributed by atoms with E-state index < -0.39 is 0 Å². The highest BCUT2D eigenvalue weighted by Crippen LogP contribution is 2.41. The summed E-state index contributed by atoms with van der Waals surface area (Å²) in [6, 6.07) is 9.69. The lowest BCUT2D eigenvalue weighted by atomic mass is 10.2. The van der Waals surface area contributed by atoms with E-state index in [1.807, 2.05) is 41.8 Å². The summed E-state index contributed by atoms with van der Waals surface area (Å²) in [5.41, 5.74) is 2.85. The fourth-order valence-corrected chi connectivity index (χ4v) is 4.73. The molecule has 6 nitrogen and oxygen atoms in total. The topological polar surface area (TPSA) is 69.4 Å². The molecule has 0 spiro atoms. The summed E-state index contributed by atoms with van der Waals surface area (Å²) in [6.07, 6.45) is 5.87. The Morgan fingerprint density at radius 1 is 1.14 bits per heavy atom. The first kappa shape index (κ1) is 17.8. The average Bonchev–Trinajstić information content (AvgIpc) is 3.33. The van der Waals surface area contributed by atoms with E-state index in [4.69, 9.17) is 11.6 Å². The van der Waals surface area contributed by atoms with Crippen LogP contribution in [-0.4, -0.2) is 29.1 Å². The quantitative estimate of drug-likeness (QED) is 0.438. The van der Waals surface area contributed by atoms with Crippen molar-refractivity contribution in [1.29, 1.82) is 0 Å². The van der Waals surface area contributed by atoms with Crippen LogP contribution in [0.5, 0.6) is 0 Å². The summed E-state index contributed by atoms with van der Waals surface area (Å²) in [5.74, 6) is 2.22. The van der Waals surface area contributed by atoms with E-state index >= 15 is 0 Å². The Morgan fingerprint density at radius 3 is 2.75 bits per heavy atom. The molecule has 0 N–H and O–H groups in total. The molecule has 4 aromatic rings. The van der Waals surface area contributed by atoms with Crippen LogP contribution < -0.4 is 0 Å². The molecule has 1 aliphatic rings. The van der Waals surface area contributed by atoms with Crippen LogP contribution in [0.2, 0.25) is 5.02 Å². The Labute approximate surface area is 175 Å². The third-order valence-corrected chi connectivity index (χ3v) is 6.72. The van der Waals surface area contributed by atoms with Gasteiger partial charge in [0, 0.05) is 28.9 Å². The molecule has 0 bridgehead atoms. The number of halogens is 1. The molecular formula is C19H15ClN6S2. The van der Waals surface area contributed by atoms with Gasteiger partial charge in [0.25, 0.3) is 0 Å². The zero-order valence-electron chi connectivity index (χ0n) is 14.9. The number of aromatic nitrogens is 6. The van der Waals surface area contributed by atoms with Gasteiger partial charge >= 0.3 is 0 Å². The second-order valence-electron chi connectivity index (χ2n) is 6.56. The van der Waals surface area contributed by atoms with Crippen molar-refractivity contribution in [1.82, 2.24) is 29.1 Å². The van der Waals surface area contributed by atoms with Crippen molar-refractivity contribution in [2.45, 2.75) is 35.2 Å². The van der Waals surface area contributed by atoms with Gasteiger partial charge < -0.3 is 0 Å². The molecule has 1 saturated carbocycles. The Bertz CT molecular complexity index is 1140. The van der Waals surface area contributed by atoms with Gasteiger partial charge in [-0.1, -0.05) is 17.7 Å². The van der Waals surface area contributed by atoms with Gasteiger partial charge in [0.15, 0.2) is 10.2 Å². The summed E-state index contributed by atoms with van der Waals surface area (Å²) in [6.45, 7) is 2.00. The maximum Gasteiger partial charge on any atom is 0.203 e. The van der Waals surface area contributed by atoms with Crippen LogP contribution in [0.25, 0.3) is 17.1 Å². The highest BCUT2D eigenvalue weighted by Gasteiger charge is 2.28. The highest BCUT2D eigenvalue weighted by molar-refractivity contribution is 8.00. The summed E-state index contributed by atoms with van der Waals surface area (Å²) < 4.78 is 7.40. The monoisotopic (exact) mass is 426 g/mol. The standard InChI is InChI=1S/C19H15ClN6S2/c1-11-14(20)3-2-4-15(11)26-17(13-7-9-21-10-8-13)23-24-18(26)27-19-22-16(25-28-19)12-5-6-12/h2-4,7-10,12H,5-6H2,1H3. The van der Waals surface area contributed by atoms with Crippen LogP contribution in [0.4, 0.5) is 0 Å². The normalized spacial score (nSPS) is 13.8. The molecule has 0 atom stereocenters. The molecule has 28 heavy (non-hydrogen) atoms. The predicted octanol–water partition coefficient (Wildman–Crippen LogP) is 5.17. The Kier molecular flexibility index (Phi) is 4.62. The van der Waals surface area contributed by atoms with Gasteiger partial charge in [-0.05, 0) is 72.9 Å². The van der Waals surface area contributed by atoms with Crippen LogP contribution in [0.3, 0.4) is 0 Å². The molecule has 1 fully saturated rings. The van der Waals surface area contributed by atoms with E-state index in [-0.39, 0.29) is 0 Å². The van der Waals surface area contributed by atoms with Gasteiger partial charge in [-0.3, -0.25) is 9.55 Å². The minimum atomic E-state index is 0.533. The fourth-order valence-electron chi connectivity index (χ4n) is 2.93. The van der Waals surface area contributed by atoms with Gasteiger partial charge in [0.2, 0.25) is 5.16 Å². The maximum absolute atomic E-state index is 6.40. The van der Waals surface area contributed by atoms with Crippen molar-refractivity contribution in [3.8, 4) is 17.1 Å². The third kappa shape index (κ3) is 3.32. The number of rotatable bonds is 5. The lowest BCUT2D eigenvalue weighted by Gasteiger charge is -2.13. The zero-order chi connectivity index (χ0) is 19.1. The number of benzene rings is 1. The Morgan fingerprint density at radius 2 is 1.96 bits per heavy atom. The molecule has 1 aromatic carbocycles. The average molecular weight is 427 g/mol. The van der Waals surface area contributed by atoms with Crippen LogP contribution in [0, 0.1) is 6.92 Å². The fraction of sp³-hybridized carbons (Fsp3) is 0.211. The number of hydrogen-bond acceptors (Lipinski definition) is 7. The van der Waals surface area contributed by atoms with Gasteiger partial charge in [0.1, 0.15) is 5.82 Å². The summed E-state index contributed by atoms with van der Waals surface area (Å²) in [5, 5.41) is 10.4. The van der Waals surface area contributed by atoms with Crippen molar-refractivity contribution < 1.29 is 0 Å². The molecule has 3 aromatic heterocycles. The predicted molar refractivity (Wildman–Crippen MR) is 110 cm³/mol. The largest absolute Gasteiger partial charge is 0.269 e. The van der Waals surface area contributed by atoms with Crippen molar-refractivity contribution in [2.24, 2.45) is 0 Å². The summed E-state index contributed by atoms with van der Waals surface area (Å²) >= 11 is 9.29. The second-order valence-corrected chi connectivity index (χ2v) is 8.93. The van der Waals surface area contributed by atoms with Crippen molar-refractivity contribution in [3.63, 3.8) is 0 Å². The second kappa shape index (κ2) is 7.27. The first-order valence-electron chi connectivity index (χ1n) is 8.83. The van der Waals surface area contributed by atoms with E-state index in [0.29, 0.717) is 10.9 Å². The first-order chi connectivity index (χ1) is 13.7. The maximum atomic E-state index is 6.40. The molecule has 9 heteroatoms. The molecular weight excluding hydrogens is 412 g/mol. The van der Waals surface area contributed by atoms with E-state index in [2.05, 4.69) is 24.5 Å². The molecule has 1 aliphatic carbocycles. The van der Waals surface area contributed by atoms with Crippen LogP contribution in [0.1, 0.15) is 30.1 Å². The van der Waals surface area contributed by atoms with E-state index in [1.165, 1.54) is 36.1 Å². The Balaban J connectivity index is 1.62.